The van der Waals surface area contributed by atoms with Crippen molar-refractivity contribution in [3.8, 4) is 0 Å². The Hall–Kier alpha value is -2.41. The molecule has 1 fully saturated rings. The van der Waals surface area contributed by atoms with Crippen molar-refractivity contribution in [1.82, 2.24) is 19.6 Å². The highest BCUT2D eigenvalue weighted by Crippen LogP contribution is 2.32. The first-order valence-electron chi connectivity index (χ1n) is 11.1. The van der Waals surface area contributed by atoms with E-state index in [1.807, 2.05) is 46.7 Å². The summed E-state index contributed by atoms with van der Waals surface area (Å²) < 4.78 is 0. The van der Waals surface area contributed by atoms with Crippen LogP contribution in [-0.2, 0) is 20.8 Å². The number of benzene rings is 1. The van der Waals surface area contributed by atoms with Crippen LogP contribution in [0.4, 0.5) is 0 Å². The summed E-state index contributed by atoms with van der Waals surface area (Å²) in [6.45, 7) is 10.7. The van der Waals surface area contributed by atoms with Crippen LogP contribution >= 0.6 is 0 Å². The van der Waals surface area contributed by atoms with Crippen molar-refractivity contribution in [3.63, 3.8) is 0 Å². The van der Waals surface area contributed by atoms with Gasteiger partial charge >= 0.3 is 0 Å². The first kappa shape index (κ1) is 22.3. The van der Waals surface area contributed by atoms with Gasteiger partial charge in [-0.25, -0.2) is 0 Å². The summed E-state index contributed by atoms with van der Waals surface area (Å²) in [4.78, 5) is 45.3. The van der Waals surface area contributed by atoms with Gasteiger partial charge in [-0.05, 0) is 31.4 Å². The van der Waals surface area contributed by atoms with Crippen LogP contribution in [0.2, 0.25) is 0 Å². The number of fused-ring (bicyclic) bond motifs is 1. The van der Waals surface area contributed by atoms with Gasteiger partial charge in [0, 0.05) is 52.7 Å². The molecule has 3 amide bonds. The summed E-state index contributed by atoms with van der Waals surface area (Å²) in [6.07, 6.45) is 1.15. The lowest BCUT2D eigenvalue weighted by Gasteiger charge is -2.39. The third-order valence-corrected chi connectivity index (χ3v) is 6.38. The largest absolute Gasteiger partial charge is 0.342 e. The highest BCUT2D eigenvalue weighted by molar-refractivity contribution is 5.80. The van der Waals surface area contributed by atoms with Crippen molar-refractivity contribution in [3.05, 3.63) is 35.4 Å². The molecule has 2 aliphatic rings. The van der Waals surface area contributed by atoms with E-state index in [9.17, 15) is 14.4 Å². The summed E-state index contributed by atoms with van der Waals surface area (Å²) >= 11 is 0. The first-order valence-corrected chi connectivity index (χ1v) is 11.1. The molecule has 0 N–H and O–H groups in total. The summed E-state index contributed by atoms with van der Waals surface area (Å²) in [5, 5.41) is 0. The Labute approximate surface area is 179 Å². The molecule has 3 rings (SSSR count). The molecule has 2 aliphatic heterocycles. The molecule has 0 aliphatic carbocycles. The number of piperazine rings is 1. The van der Waals surface area contributed by atoms with Crippen molar-refractivity contribution < 1.29 is 14.4 Å². The third kappa shape index (κ3) is 5.01. The maximum atomic E-state index is 13.1. The molecule has 1 saturated heterocycles. The van der Waals surface area contributed by atoms with E-state index < -0.39 is 0 Å². The van der Waals surface area contributed by atoms with Crippen LogP contribution in [0.1, 0.15) is 44.4 Å². The fraction of sp³-hybridized carbons (Fsp3) is 0.609. The minimum atomic E-state index is -0.192. The summed E-state index contributed by atoms with van der Waals surface area (Å²) in [5.74, 6) is 0.246. The molecule has 1 atom stereocenters. The number of likely N-dealkylation sites (N-methyl/N-ethyl adjacent to an activating group) is 1. The molecule has 7 nitrogen and oxygen atoms in total. The van der Waals surface area contributed by atoms with E-state index in [0.29, 0.717) is 45.7 Å². The summed E-state index contributed by atoms with van der Waals surface area (Å²) in [6, 6.07) is 7.93. The lowest BCUT2D eigenvalue weighted by molar-refractivity contribution is -0.138. The normalized spacial score (nSPS) is 19.4. The zero-order valence-corrected chi connectivity index (χ0v) is 18.5. The second-order valence-corrected chi connectivity index (χ2v) is 8.10. The number of carbonyl (C=O) groups is 3. The highest BCUT2D eigenvalue weighted by Gasteiger charge is 2.33. The predicted molar refractivity (Wildman–Crippen MR) is 116 cm³/mol. The van der Waals surface area contributed by atoms with E-state index in [0.717, 1.165) is 25.1 Å². The van der Waals surface area contributed by atoms with Crippen molar-refractivity contribution in [2.75, 3.05) is 52.4 Å². The molecule has 0 aromatic heterocycles. The zero-order chi connectivity index (χ0) is 21.7. The molecule has 164 valence electrons. The Morgan fingerprint density at radius 1 is 1.00 bits per heavy atom. The minimum Gasteiger partial charge on any atom is -0.342 e. The number of nitrogens with zero attached hydrogens (tertiary/aromatic N) is 4. The van der Waals surface area contributed by atoms with E-state index >= 15 is 0 Å². The molecule has 7 heteroatoms. The molecular formula is C23H34N4O3. The number of rotatable bonds is 6. The molecule has 0 saturated carbocycles. The van der Waals surface area contributed by atoms with Gasteiger partial charge in [-0.15, -0.1) is 0 Å². The highest BCUT2D eigenvalue weighted by atomic mass is 16.2. The third-order valence-electron chi connectivity index (χ3n) is 6.38. The van der Waals surface area contributed by atoms with Crippen molar-refractivity contribution in [1.29, 1.82) is 0 Å². The Morgan fingerprint density at radius 2 is 1.67 bits per heavy atom. The lowest BCUT2D eigenvalue weighted by Crippen LogP contribution is -2.52. The lowest BCUT2D eigenvalue weighted by atomic mass is 9.90. The smallest absolute Gasteiger partial charge is 0.236 e. The fourth-order valence-electron chi connectivity index (χ4n) is 4.57. The molecule has 0 bridgehead atoms. The molecule has 1 aromatic rings. The molecule has 2 heterocycles. The Kier molecular flexibility index (Phi) is 7.48. The van der Waals surface area contributed by atoms with Crippen LogP contribution in [0, 0.1) is 0 Å². The van der Waals surface area contributed by atoms with Gasteiger partial charge in [0.05, 0.1) is 19.0 Å². The number of hydrogen-bond donors (Lipinski definition) is 0. The van der Waals surface area contributed by atoms with Crippen LogP contribution in [-0.4, -0.2) is 89.7 Å². The maximum Gasteiger partial charge on any atom is 0.236 e. The monoisotopic (exact) mass is 414 g/mol. The van der Waals surface area contributed by atoms with Crippen molar-refractivity contribution >= 4 is 17.7 Å². The van der Waals surface area contributed by atoms with Gasteiger partial charge in [0.1, 0.15) is 0 Å². The van der Waals surface area contributed by atoms with E-state index in [1.165, 1.54) is 5.56 Å². The standard InChI is InChI=1S/C23H34N4O3/c1-4-25(5-2)23(30)17-24-12-14-26(15-13-24)22(29)16-21-20-9-7-6-8-19(20)10-11-27(21)18(3)28/h6-9,21H,4-5,10-17H2,1-3H3. The van der Waals surface area contributed by atoms with Crippen molar-refractivity contribution in [2.45, 2.75) is 39.7 Å². The molecular weight excluding hydrogens is 380 g/mol. The SMILES string of the molecule is CCN(CC)C(=O)CN1CCN(C(=O)CC2c3ccccc3CCN2C(C)=O)CC1. The second-order valence-electron chi connectivity index (χ2n) is 8.10. The molecule has 30 heavy (non-hydrogen) atoms. The summed E-state index contributed by atoms with van der Waals surface area (Å²) in [7, 11) is 0. The van der Waals surface area contributed by atoms with E-state index in [4.69, 9.17) is 0 Å². The number of amides is 3. The molecule has 1 unspecified atom stereocenters. The Bertz CT molecular complexity index is 769. The Morgan fingerprint density at radius 3 is 2.30 bits per heavy atom. The van der Waals surface area contributed by atoms with Gasteiger partial charge in [0.25, 0.3) is 0 Å². The average Bonchev–Trinajstić information content (AvgIpc) is 2.75. The van der Waals surface area contributed by atoms with Gasteiger partial charge in [0.15, 0.2) is 0 Å². The van der Waals surface area contributed by atoms with E-state index in [-0.39, 0.29) is 23.8 Å². The van der Waals surface area contributed by atoms with Gasteiger partial charge < -0.3 is 14.7 Å². The van der Waals surface area contributed by atoms with Gasteiger partial charge in [-0.3, -0.25) is 19.3 Å². The maximum absolute atomic E-state index is 13.1. The average molecular weight is 415 g/mol. The minimum absolute atomic E-state index is 0.0158. The van der Waals surface area contributed by atoms with Crippen LogP contribution in [0.5, 0.6) is 0 Å². The fourth-order valence-corrected chi connectivity index (χ4v) is 4.57. The quantitative estimate of drug-likeness (QED) is 0.708. The van der Waals surface area contributed by atoms with Gasteiger partial charge in [-0.1, -0.05) is 24.3 Å². The van der Waals surface area contributed by atoms with Crippen LogP contribution < -0.4 is 0 Å². The van der Waals surface area contributed by atoms with E-state index in [1.54, 1.807) is 6.92 Å². The molecule has 1 aromatic carbocycles. The predicted octanol–water partition coefficient (Wildman–Crippen LogP) is 1.54. The molecule has 0 spiro atoms. The van der Waals surface area contributed by atoms with Crippen molar-refractivity contribution in [2.24, 2.45) is 0 Å². The summed E-state index contributed by atoms with van der Waals surface area (Å²) in [5.41, 5.74) is 2.32. The molecule has 0 radical (unpaired) electrons. The van der Waals surface area contributed by atoms with E-state index in [2.05, 4.69) is 11.0 Å². The first-order chi connectivity index (χ1) is 14.4. The van der Waals surface area contributed by atoms with Crippen LogP contribution in [0.3, 0.4) is 0 Å². The second kappa shape index (κ2) is 10.1. The number of carbonyl (C=O) groups excluding carboxylic acids is 3. The Balaban J connectivity index is 1.59. The number of hydrogen-bond acceptors (Lipinski definition) is 4. The topological polar surface area (TPSA) is 64.2 Å². The van der Waals surface area contributed by atoms with Gasteiger partial charge in [0.2, 0.25) is 17.7 Å². The van der Waals surface area contributed by atoms with Crippen LogP contribution in [0.25, 0.3) is 0 Å². The van der Waals surface area contributed by atoms with Gasteiger partial charge in [-0.2, -0.15) is 0 Å². The van der Waals surface area contributed by atoms with Crippen LogP contribution in [0.15, 0.2) is 24.3 Å². The zero-order valence-electron chi connectivity index (χ0n) is 18.5.